The number of benzene rings is 8. The van der Waals surface area contributed by atoms with Gasteiger partial charge in [0.15, 0.2) is 11.7 Å². The molecule has 2 N–H and O–H groups in total. The highest BCUT2D eigenvalue weighted by atomic mass is 32.1. The molecule has 0 aliphatic heterocycles. The minimum absolute atomic E-state index is 0.115. The summed E-state index contributed by atoms with van der Waals surface area (Å²) in [5, 5.41) is 14.4. The number of nitrogens with one attached hydrogen (secondary N) is 2. The Bertz CT molecular complexity index is 2950. The second kappa shape index (κ2) is 15.8. The third-order valence-corrected chi connectivity index (χ3v) is 10.3. The minimum Gasteiger partial charge on any atom is -0.455 e. The van der Waals surface area contributed by atoms with Crippen LogP contribution < -0.4 is 5.32 Å². The SMILES string of the molecule is N=C(/N=C(\N=C\c1ccccc1)c1cccc2c1oc1cccc(-c3ccc(-c4cccc(Nc5ccccc5-c5ccccc5)c4)c(S)c3)c12)c1ccccc1. The van der Waals surface area contributed by atoms with Gasteiger partial charge in [0, 0.05) is 44.4 Å². The second-order valence-electron chi connectivity index (χ2n) is 13.6. The van der Waals surface area contributed by atoms with Crippen LogP contribution in [0.5, 0.6) is 0 Å². The van der Waals surface area contributed by atoms with E-state index in [1.807, 2.05) is 91.0 Å². The van der Waals surface area contributed by atoms with E-state index in [0.717, 1.165) is 71.6 Å². The number of fused-ring (bicyclic) bond motifs is 3. The first-order chi connectivity index (χ1) is 28.1. The van der Waals surface area contributed by atoms with Crippen LogP contribution in [0.3, 0.4) is 0 Å². The molecular weight excluding hydrogens is 717 g/mol. The molecule has 5 nitrogen and oxygen atoms in total. The number of furan rings is 1. The number of hydrogen-bond acceptors (Lipinski definition) is 4. The van der Waals surface area contributed by atoms with Crippen molar-refractivity contribution in [3.8, 4) is 33.4 Å². The van der Waals surface area contributed by atoms with Crippen molar-refractivity contribution in [2.45, 2.75) is 4.90 Å². The first-order valence-electron chi connectivity index (χ1n) is 18.7. The van der Waals surface area contributed by atoms with Crippen LogP contribution in [0, 0.1) is 5.41 Å². The highest BCUT2D eigenvalue weighted by Gasteiger charge is 2.19. The summed E-state index contributed by atoms with van der Waals surface area (Å²) in [5.74, 6) is 0.505. The maximum atomic E-state index is 8.85. The van der Waals surface area contributed by atoms with Gasteiger partial charge in [-0.3, -0.25) is 5.41 Å². The van der Waals surface area contributed by atoms with Crippen molar-refractivity contribution < 1.29 is 4.42 Å². The van der Waals surface area contributed by atoms with E-state index < -0.39 is 0 Å². The number of para-hydroxylation sites is 2. The van der Waals surface area contributed by atoms with Crippen molar-refractivity contribution in [3.05, 3.63) is 211 Å². The number of nitrogens with zero attached hydrogens (tertiary/aromatic N) is 2. The predicted molar refractivity (Wildman–Crippen MR) is 241 cm³/mol. The molecular formula is C51H36N4OS. The summed E-state index contributed by atoms with van der Waals surface area (Å²) in [6, 6.07) is 65.1. The Morgan fingerprint density at radius 3 is 2.05 bits per heavy atom. The maximum absolute atomic E-state index is 8.85. The summed E-state index contributed by atoms with van der Waals surface area (Å²) >= 11 is 5.04. The normalized spacial score (nSPS) is 11.7. The molecule has 0 radical (unpaired) electrons. The van der Waals surface area contributed by atoms with Crippen molar-refractivity contribution in [3.63, 3.8) is 0 Å². The van der Waals surface area contributed by atoms with Crippen LogP contribution in [-0.4, -0.2) is 17.9 Å². The fourth-order valence-corrected chi connectivity index (χ4v) is 7.53. The molecule has 0 aliphatic carbocycles. The summed E-state index contributed by atoms with van der Waals surface area (Å²) in [7, 11) is 0. The van der Waals surface area contributed by atoms with Gasteiger partial charge in [-0.15, -0.1) is 12.6 Å². The molecule has 0 saturated carbocycles. The molecule has 0 bridgehead atoms. The van der Waals surface area contributed by atoms with E-state index in [2.05, 4.69) is 108 Å². The summed E-state index contributed by atoms with van der Waals surface area (Å²) in [6.45, 7) is 0. The van der Waals surface area contributed by atoms with E-state index in [-0.39, 0.29) is 5.84 Å². The average molecular weight is 753 g/mol. The van der Waals surface area contributed by atoms with E-state index in [9.17, 15) is 0 Å². The lowest BCUT2D eigenvalue weighted by molar-refractivity contribution is 0.668. The molecule has 0 unspecified atom stereocenters. The van der Waals surface area contributed by atoms with Gasteiger partial charge in [-0.1, -0.05) is 158 Å². The van der Waals surface area contributed by atoms with E-state index in [1.165, 1.54) is 0 Å². The Balaban J connectivity index is 1.08. The van der Waals surface area contributed by atoms with Gasteiger partial charge in [0.1, 0.15) is 11.2 Å². The third kappa shape index (κ3) is 7.42. The van der Waals surface area contributed by atoms with E-state index in [0.29, 0.717) is 22.5 Å². The molecule has 57 heavy (non-hydrogen) atoms. The van der Waals surface area contributed by atoms with E-state index in [1.54, 1.807) is 6.21 Å². The maximum Gasteiger partial charge on any atom is 0.165 e. The molecule has 0 atom stereocenters. The number of hydrogen-bond donors (Lipinski definition) is 3. The number of thiol groups is 1. The van der Waals surface area contributed by atoms with Crippen LogP contribution in [0.1, 0.15) is 16.7 Å². The van der Waals surface area contributed by atoms with Crippen LogP contribution in [0.25, 0.3) is 55.3 Å². The van der Waals surface area contributed by atoms with Gasteiger partial charge in [0.05, 0.1) is 5.56 Å². The van der Waals surface area contributed by atoms with Gasteiger partial charge in [-0.05, 0) is 69.8 Å². The fourth-order valence-electron chi connectivity index (χ4n) is 7.19. The van der Waals surface area contributed by atoms with Crippen LogP contribution in [0.15, 0.2) is 213 Å². The fraction of sp³-hybridized carbons (Fsp3) is 0. The zero-order valence-electron chi connectivity index (χ0n) is 30.8. The van der Waals surface area contributed by atoms with Crippen molar-refractivity contribution >= 4 is 63.8 Å². The molecule has 272 valence electrons. The van der Waals surface area contributed by atoms with Crippen LogP contribution in [0.4, 0.5) is 11.4 Å². The van der Waals surface area contributed by atoms with Crippen LogP contribution in [0.2, 0.25) is 0 Å². The minimum atomic E-state index is 0.115. The lowest BCUT2D eigenvalue weighted by Gasteiger charge is -2.14. The van der Waals surface area contributed by atoms with Crippen LogP contribution >= 0.6 is 12.6 Å². The molecule has 0 saturated heterocycles. The Hall–Kier alpha value is -7.28. The molecule has 0 fully saturated rings. The topological polar surface area (TPSA) is 73.7 Å². The first kappa shape index (κ1) is 35.4. The molecule has 9 aromatic rings. The van der Waals surface area contributed by atoms with Crippen LogP contribution in [-0.2, 0) is 0 Å². The van der Waals surface area contributed by atoms with Crippen molar-refractivity contribution in [1.82, 2.24) is 0 Å². The largest absolute Gasteiger partial charge is 0.455 e. The molecule has 0 aliphatic rings. The molecule has 8 aromatic carbocycles. The second-order valence-corrected chi connectivity index (χ2v) is 14.1. The van der Waals surface area contributed by atoms with Gasteiger partial charge in [-0.2, -0.15) is 0 Å². The molecule has 0 spiro atoms. The molecule has 1 aromatic heterocycles. The number of aliphatic imine (C=N–C) groups is 2. The number of amidine groups is 2. The molecule has 6 heteroatoms. The lowest BCUT2D eigenvalue weighted by Crippen LogP contribution is -2.05. The smallest absolute Gasteiger partial charge is 0.165 e. The zero-order chi connectivity index (χ0) is 38.6. The van der Waals surface area contributed by atoms with E-state index >= 15 is 0 Å². The summed E-state index contributed by atoms with van der Waals surface area (Å²) < 4.78 is 6.64. The van der Waals surface area contributed by atoms with Crippen molar-refractivity contribution in [2.24, 2.45) is 9.98 Å². The summed E-state index contributed by atoms with van der Waals surface area (Å²) in [5.41, 5.74) is 12.2. The standard InChI is InChI=1S/C51H36N4OS/c52-50(36-19-8-3-9-20-36)55-51(53-33-34-15-4-1-5-16-34)44-26-13-25-43-48-42(24-14-28-46(48)56-49(43)44)38-29-30-41(47(57)32-38)37-21-12-22-39(31-37)54-45-27-11-10-23-40(45)35-17-6-2-7-18-35/h1-33,52,54,57H/b52-50?,53-33+,55-51-. The van der Waals surface area contributed by atoms with Crippen molar-refractivity contribution in [2.75, 3.05) is 5.32 Å². The number of anilines is 2. The van der Waals surface area contributed by atoms with Gasteiger partial charge in [0.25, 0.3) is 0 Å². The van der Waals surface area contributed by atoms with Gasteiger partial charge in [-0.25, -0.2) is 9.98 Å². The quantitative estimate of drug-likeness (QED) is 0.0821. The monoisotopic (exact) mass is 752 g/mol. The van der Waals surface area contributed by atoms with Gasteiger partial charge >= 0.3 is 0 Å². The lowest BCUT2D eigenvalue weighted by atomic mass is 9.96. The predicted octanol–water partition coefficient (Wildman–Crippen LogP) is 13.5. The van der Waals surface area contributed by atoms with Crippen molar-refractivity contribution in [1.29, 1.82) is 5.41 Å². The number of rotatable bonds is 8. The zero-order valence-corrected chi connectivity index (χ0v) is 31.7. The highest BCUT2D eigenvalue weighted by Crippen LogP contribution is 2.40. The molecule has 9 rings (SSSR count). The first-order valence-corrected chi connectivity index (χ1v) is 19.2. The summed E-state index contributed by atoms with van der Waals surface area (Å²) in [4.78, 5) is 10.5. The Labute approximate surface area is 336 Å². The Morgan fingerprint density at radius 1 is 0.579 bits per heavy atom. The Kier molecular flexibility index (Phi) is 9.84. The third-order valence-electron chi connectivity index (χ3n) is 9.94. The van der Waals surface area contributed by atoms with Gasteiger partial charge < -0.3 is 9.73 Å². The average Bonchev–Trinajstić information content (AvgIpc) is 3.66. The summed E-state index contributed by atoms with van der Waals surface area (Å²) in [6.07, 6.45) is 1.77. The van der Waals surface area contributed by atoms with Gasteiger partial charge in [0.2, 0.25) is 0 Å². The Morgan fingerprint density at radius 2 is 1.25 bits per heavy atom. The highest BCUT2D eigenvalue weighted by molar-refractivity contribution is 7.80. The molecule has 1 heterocycles. The van der Waals surface area contributed by atoms with E-state index in [4.69, 9.17) is 32.4 Å². The molecule has 0 amide bonds.